The molecule has 1 amide bonds. The summed E-state index contributed by atoms with van der Waals surface area (Å²) in [5, 5.41) is 11.6. The molecule has 3 heterocycles. The van der Waals surface area contributed by atoms with E-state index in [1.807, 2.05) is 13.0 Å². The van der Waals surface area contributed by atoms with E-state index in [-0.39, 0.29) is 34.1 Å². The summed E-state index contributed by atoms with van der Waals surface area (Å²) < 4.78 is 11.6. The highest BCUT2D eigenvalue weighted by Gasteiger charge is 2.48. The van der Waals surface area contributed by atoms with Crippen molar-refractivity contribution in [2.75, 3.05) is 11.5 Å². The third kappa shape index (κ3) is 4.54. The molecule has 0 bridgehead atoms. The number of rotatable bonds is 6. The lowest BCUT2D eigenvalue weighted by atomic mass is 9.94. The molecular weight excluding hydrogens is 572 g/mol. The van der Waals surface area contributed by atoms with Crippen molar-refractivity contribution in [3.63, 3.8) is 0 Å². The second-order valence-electron chi connectivity index (χ2n) is 8.98. The number of aliphatic hydroxyl groups is 1. The summed E-state index contributed by atoms with van der Waals surface area (Å²) in [6, 6.07) is 11.4. The van der Waals surface area contributed by atoms with Crippen molar-refractivity contribution in [1.29, 1.82) is 0 Å². The molecule has 1 saturated heterocycles. The molecule has 0 aliphatic carbocycles. The lowest BCUT2D eigenvalue weighted by molar-refractivity contribution is -0.132. The van der Waals surface area contributed by atoms with Crippen molar-refractivity contribution in [1.82, 2.24) is 4.98 Å². The van der Waals surface area contributed by atoms with Gasteiger partial charge in [0.15, 0.2) is 5.13 Å². The molecule has 0 radical (unpaired) electrons. The monoisotopic (exact) mass is 594 g/mol. The molecule has 1 aromatic heterocycles. The number of Topliss-reactive ketones (excluding diaryl/α,β-unsaturated/α-hetero) is 1. The van der Waals surface area contributed by atoms with Crippen LogP contribution in [-0.4, -0.2) is 40.5 Å². The molecule has 2 aliphatic rings. The molecule has 194 valence electrons. The van der Waals surface area contributed by atoms with E-state index in [0.29, 0.717) is 23.2 Å². The Morgan fingerprint density at radius 2 is 2.11 bits per heavy atom. The molecule has 2 aliphatic heterocycles. The number of benzene rings is 2. The highest BCUT2D eigenvalue weighted by molar-refractivity contribution is 9.10. The Balaban J connectivity index is 1.65. The predicted octanol–water partition coefficient (Wildman–Crippen LogP) is 5.51. The van der Waals surface area contributed by atoms with E-state index in [0.717, 1.165) is 27.1 Å². The molecule has 5 rings (SSSR count). The van der Waals surface area contributed by atoms with Crippen LogP contribution in [0, 0.1) is 6.92 Å². The number of carbonyl (C=O) groups is 3. The van der Waals surface area contributed by atoms with E-state index in [1.165, 1.54) is 11.0 Å². The summed E-state index contributed by atoms with van der Waals surface area (Å²) in [5.41, 5.74) is 2.20. The minimum atomic E-state index is -0.974. The maximum atomic E-state index is 13.5. The second-order valence-corrected chi connectivity index (χ2v) is 10.9. The Morgan fingerprint density at radius 1 is 1.32 bits per heavy atom. The minimum Gasteiger partial charge on any atom is -0.507 e. The summed E-state index contributed by atoms with van der Waals surface area (Å²) in [4.78, 5) is 45.3. The zero-order chi connectivity index (χ0) is 27.1. The molecule has 2 atom stereocenters. The highest BCUT2D eigenvalue weighted by atomic mass is 79.9. The molecule has 1 N–H and O–H groups in total. The maximum absolute atomic E-state index is 13.5. The van der Waals surface area contributed by atoms with Gasteiger partial charge in [-0.3, -0.25) is 14.5 Å². The van der Waals surface area contributed by atoms with Gasteiger partial charge >= 0.3 is 11.9 Å². The van der Waals surface area contributed by atoms with Gasteiger partial charge in [-0.15, -0.1) is 0 Å². The number of esters is 1. The van der Waals surface area contributed by atoms with Crippen molar-refractivity contribution in [3.8, 4) is 5.75 Å². The molecule has 3 aromatic rings. The van der Waals surface area contributed by atoms with Gasteiger partial charge in [0.1, 0.15) is 29.1 Å². The number of halogens is 1. The van der Waals surface area contributed by atoms with Gasteiger partial charge in [0.05, 0.1) is 17.3 Å². The second kappa shape index (κ2) is 10.2. The van der Waals surface area contributed by atoms with Gasteiger partial charge in [-0.25, -0.2) is 9.78 Å². The van der Waals surface area contributed by atoms with E-state index in [2.05, 4.69) is 27.5 Å². The predicted molar refractivity (Wildman–Crippen MR) is 146 cm³/mol. The Morgan fingerprint density at radius 3 is 2.84 bits per heavy atom. The van der Waals surface area contributed by atoms with Gasteiger partial charge < -0.3 is 14.6 Å². The number of aryl methyl sites for hydroxylation is 1. The average Bonchev–Trinajstić information content (AvgIpc) is 3.54. The number of aliphatic hydroxyl groups excluding tert-OH is 1. The topological polar surface area (TPSA) is 106 Å². The van der Waals surface area contributed by atoms with Gasteiger partial charge in [0, 0.05) is 16.5 Å². The smallest absolute Gasteiger partial charge is 0.350 e. The summed E-state index contributed by atoms with van der Waals surface area (Å²) >= 11 is 4.40. The van der Waals surface area contributed by atoms with Crippen LogP contribution < -0.4 is 9.64 Å². The summed E-state index contributed by atoms with van der Waals surface area (Å²) in [6.45, 7) is 7.15. The van der Waals surface area contributed by atoms with Crippen molar-refractivity contribution >= 4 is 55.8 Å². The van der Waals surface area contributed by atoms with Crippen LogP contribution in [0.15, 0.2) is 65.2 Å². The molecule has 10 heteroatoms. The third-order valence-electron chi connectivity index (χ3n) is 6.29. The zero-order valence-corrected chi connectivity index (χ0v) is 23.0. The normalized spacial score (nSPS) is 19.8. The first-order chi connectivity index (χ1) is 18.2. The van der Waals surface area contributed by atoms with Crippen LogP contribution in [-0.2, 0) is 20.7 Å². The minimum absolute atomic E-state index is 0.00940. The number of hydrogen-bond acceptors (Lipinski definition) is 8. The van der Waals surface area contributed by atoms with Crippen LogP contribution in [0.1, 0.15) is 45.0 Å². The summed E-state index contributed by atoms with van der Waals surface area (Å²) in [5.74, 6) is -1.86. The Labute approximate surface area is 231 Å². The largest absolute Gasteiger partial charge is 0.507 e. The van der Waals surface area contributed by atoms with Crippen LogP contribution in [0.25, 0.3) is 5.76 Å². The number of anilines is 1. The molecule has 8 nitrogen and oxygen atoms in total. The van der Waals surface area contributed by atoms with Crippen molar-refractivity contribution < 1.29 is 29.0 Å². The number of ether oxygens (including phenoxy) is 2. The van der Waals surface area contributed by atoms with Gasteiger partial charge in [0.2, 0.25) is 0 Å². The Bertz CT molecular complexity index is 1530. The quantitative estimate of drug-likeness (QED) is 0.132. The number of ketones is 1. The fourth-order valence-corrected chi connectivity index (χ4v) is 6.03. The Hall–Kier alpha value is -3.76. The zero-order valence-electron chi connectivity index (χ0n) is 20.6. The first-order valence-electron chi connectivity index (χ1n) is 11.8. The number of fused-ring (bicyclic) bond motifs is 1. The molecule has 0 spiro atoms. The van der Waals surface area contributed by atoms with Crippen molar-refractivity contribution in [2.45, 2.75) is 32.4 Å². The van der Waals surface area contributed by atoms with E-state index < -0.39 is 23.7 Å². The van der Waals surface area contributed by atoms with Gasteiger partial charge in [-0.2, -0.15) is 0 Å². The summed E-state index contributed by atoms with van der Waals surface area (Å²) in [6.07, 6.45) is 2.13. The first kappa shape index (κ1) is 25.9. The standard InChI is InChI=1S/C28H23BrN2O6S/c1-4-10-36-27(35)25-15(3)30-28(38-25)31-22(16-6-5-7-19(29)13-16)21(24(33)26(31)34)23(32)17-8-9-20-18(12-17)11-14(2)37-20/h4-9,12-14,22,32H,1,10-11H2,2-3H3. The van der Waals surface area contributed by atoms with Gasteiger partial charge in [-0.1, -0.05) is 52.1 Å². The highest BCUT2D eigenvalue weighted by Crippen LogP contribution is 2.45. The van der Waals surface area contributed by atoms with Crippen molar-refractivity contribution in [2.24, 2.45) is 0 Å². The molecule has 1 fully saturated rings. The lowest BCUT2D eigenvalue weighted by Gasteiger charge is -2.23. The molecule has 38 heavy (non-hydrogen) atoms. The van der Waals surface area contributed by atoms with Crippen molar-refractivity contribution in [3.05, 3.63) is 92.4 Å². The number of thiazole rings is 1. The fourth-order valence-electron chi connectivity index (χ4n) is 4.62. The van der Waals surface area contributed by atoms with E-state index >= 15 is 0 Å². The number of amides is 1. The SMILES string of the molecule is C=CCOC(=O)c1sc(N2C(=O)C(=O)C(=C(O)c3ccc4c(c3)CC(C)O4)C2c2cccc(Br)c2)nc1C. The first-order valence-corrected chi connectivity index (χ1v) is 13.4. The number of hydrogen-bond donors (Lipinski definition) is 1. The van der Waals surface area contributed by atoms with Crippen LogP contribution in [0.5, 0.6) is 5.75 Å². The van der Waals surface area contributed by atoms with Crippen LogP contribution in [0.3, 0.4) is 0 Å². The van der Waals surface area contributed by atoms with Crippen LogP contribution in [0.4, 0.5) is 5.13 Å². The number of aromatic nitrogens is 1. The molecular formula is C28H23BrN2O6S. The van der Waals surface area contributed by atoms with E-state index in [4.69, 9.17) is 9.47 Å². The lowest BCUT2D eigenvalue weighted by Crippen LogP contribution is -2.29. The maximum Gasteiger partial charge on any atom is 0.350 e. The van der Waals surface area contributed by atoms with Crippen LogP contribution >= 0.6 is 27.3 Å². The Kier molecular flexibility index (Phi) is 6.93. The third-order valence-corrected chi connectivity index (χ3v) is 7.92. The van der Waals surface area contributed by atoms with E-state index in [1.54, 1.807) is 43.3 Å². The van der Waals surface area contributed by atoms with Crippen LogP contribution in [0.2, 0.25) is 0 Å². The number of nitrogens with zero attached hydrogens (tertiary/aromatic N) is 2. The van der Waals surface area contributed by atoms with Gasteiger partial charge in [-0.05, 0) is 55.3 Å². The fraction of sp³-hybridized carbons (Fsp3) is 0.214. The molecule has 0 saturated carbocycles. The van der Waals surface area contributed by atoms with E-state index in [9.17, 15) is 19.5 Å². The van der Waals surface area contributed by atoms with Gasteiger partial charge in [0.25, 0.3) is 5.78 Å². The molecule has 2 aromatic carbocycles. The summed E-state index contributed by atoms with van der Waals surface area (Å²) in [7, 11) is 0. The number of carbonyl (C=O) groups excluding carboxylic acids is 3. The molecule has 2 unspecified atom stereocenters. The average molecular weight is 595 g/mol.